The van der Waals surface area contributed by atoms with Crippen molar-refractivity contribution in [1.29, 1.82) is 0 Å². The summed E-state index contributed by atoms with van der Waals surface area (Å²) in [5.41, 5.74) is 0.232. The minimum absolute atomic E-state index is 0.0392. The number of halogens is 6. The maximum absolute atomic E-state index is 14.5. The number of ether oxygens (including phenoxy) is 1. The fourth-order valence-electron chi connectivity index (χ4n) is 5.47. The molecule has 3 atom stereocenters. The van der Waals surface area contributed by atoms with Crippen molar-refractivity contribution in [1.82, 2.24) is 4.90 Å². The molecular formula is C25H23ClF5NO3. The number of carbonyl (C=O) groups is 1. The van der Waals surface area contributed by atoms with Gasteiger partial charge in [-0.1, -0.05) is 11.6 Å². The van der Waals surface area contributed by atoms with E-state index in [0.717, 1.165) is 36.8 Å². The second-order valence-corrected chi connectivity index (χ2v) is 10.1. The first-order chi connectivity index (χ1) is 16.5. The summed E-state index contributed by atoms with van der Waals surface area (Å²) in [6.45, 7) is 0.453. The fourth-order valence-corrected chi connectivity index (χ4v) is 5.69. The number of carboxylic acid groups (broad SMARTS) is 1. The number of rotatable bonds is 6. The predicted molar refractivity (Wildman–Crippen MR) is 118 cm³/mol. The lowest BCUT2D eigenvalue weighted by atomic mass is 9.95. The topological polar surface area (TPSA) is 49.8 Å². The average Bonchev–Trinajstić information content (AvgIpc) is 3.57. The van der Waals surface area contributed by atoms with Gasteiger partial charge in [0, 0.05) is 18.6 Å². The number of carboxylic acids is 1. The van der Waals surface area contributed by atoms with Gasteiger partial charge in [-0.15, -0.1) is 0 Å². The molecule has 2 aliphatic heterocycles. The summed E-state index contributed by atoms with van der Waals surface area (Å²) < 4.78 is 74.0. The lowest BCUT2D eigenvalue weighted by Gasteiger charge is -2.39. The van der Waals surface area contributed by atoms with Crippen LogP contribution < -0.4 is 4.74 Å². The Hall–Kier alpha value is -2.39. The van der Waals surface area contributed by atoms with Crippen LogP contribution in [0, 0.1) is 11.6 Å². The molecule has 1 saturated carbocycles. The average molecular weight is 516 g/mol. The number of benzene rings is 2. The number of nitrogens with zero attached hydrogens (tertiary/aromatic N) is 1. The molecule has 0 radical (unpaired) electrons. The molecule has 1 aliphatic carbocycles. The molecule has 2 heterocycles. The van der Waals surface area contributed by atoms with E-state index in [-0.39, 0.29) is 23.6 Å². The molecule has 2 aromatic carbocycles. The first-order valence-corrected chi connectivity index (χ1v) is 11.9. The summed E-state index contributed by atoms with van der Waals surface area (Å²) in [5.74, 6) is -3.35. The molecule has 0 amide bonds. The standard InChI is InChI=1S/C25H23ClF5NO3/c26-20-6-14(25(29,30)31)7-22(23(20)28)35-17-8-15-3-4-16(9-17)32(15)11-13-5-21(27)19(24(33)34)10-18(13)12-1-2-12/h5-7,10,12,15-17H,1-4,8-9,11H2,(H,33,34)/t15-,16+,17+. The van der Waals surface area contributed by atoms with Crippen LogP contribution in [0.3, 0.4) is 0 Å². The molecular weight excluding hydrogens is 493 g/mol. The van der Waals surface area contributed by atoms with Crippen LogP contribution in [-0.4, -0.2) is 34.2 Å². The van der Waals surface area contributed by atoms with Crippen molar-refractivity contribution in [3.8, 4) is 5.75 Å². The Balaban J connectivity index is 1.33. The van der Waals surface area contributed by atoms with E-state index in [4.69, 9.17) is 16.3 Å². The van der Waals surface area contributed by atoms with Crippen molar-refractivity contribution in [2.45, 2.75) is 75.4 Å². The van der Waals surface area contributed by atoms with Gasteiger partial charge in [-0.25, -0.2) is 13.6 Å². The van der Waals surface area contributed by atoms with Gasteiger partial charge < -0.3 is 9.84 Å². The molecule has 1 N–H and O–H groups in total. The molecule has 2 saturated heterocycles. The normalized spacial score (nSPS) is 24.6. The Bertz CT molecular complexity index is 1150. The first kappa shape index (κ1) is 24.3. The maximum Gasteiger partial charge on any atom is 0.416 e. The smallest absolute Gasteiger partial charge is 0.416 e. The molecule has 10 heteroatoms. The van der Waals surface area contributed by atoms with Gasteiger partial charge in [-0.2, -0.15) is 13.2 Å². The van der Waals surface area contributed by atoms with E-state index >= 15 is 0 Å². The summed E-state index contributed by atoms with van der Waals surface area (Å²) >= 11 is 5.68. The molecule has 35 heavy (non-hydrogen) atoms. The molecule has 4 nitrogen and oxygen atoms in total. The van der Waals surface area contributed by atoms with Crippen molar-refractivity contribution in [3.05, 3.63) is 63.2 Å². The van der Waals surface area contributed by atoms with E-state index in [2.05, 4.69) is 4.90 Å². The van der Waals surface area contributed by atoms with E-state index in [9.17, 15) is 31.9 Å². The van der Waals surface area contributed by atoms with Crippen LogP contribution in [0.2, 0.25) is 5.02 Å². The lowest BCUT2D eigenvalue weighted by molar-refractivity contribution is -0.137. The first-order valence-electron chi connectivity index (χ1n) is 11.6. The van der Waals surface area contributed by atoms with E-state index in [1.807, 2.05) is 0 Å². The molecule has 0 unspecified atom stereocenters. The van der Waals surface area contributed by atoms with Gasteiger partial charge in [0.05, 0.1) is 16.1 Å². The summed E-state index contributed by atoms with van der Waals surface area (Å²) in [7, 11) is 0. The highest BCUT2D eigenvalue weighted by molar-refractivity contribution is 6.31. The molecule has 2 aromatic rings. The number of fused-ring (bicyclic) bond motifs is 2. The molecule has 188 valence electrons. The molecule has 5 rings (SSSR count). The summed E-state index contributed by atoms with van der Waals surface area (Å²) in [6, 6.07) is 4.03. The maximum atomic E-state index is 14.5. The van der Waals surface area contributed by atoms with Crippen LogP contribution in [0.4, 0.5) is 22.0 Å². The fraction of sp³-hybridized carbons (Fsp3) is 0.480. The Morgan fingerprint density at radius 3 is 2.29 bits per heavy atom. The zero-order valence-electron chi connectivity index (χ0n) is 18.5. The van der Waals surface area contributed by atoms with Crippen molar-refractivity contribution >= 4 is 17.6 Å². The summed E-state index contributed by atoms with van der Waals surface area (Å²) in [6.07, 6.45) is -0.641. The van der Waals surface area contributed by atoms with E-state index < -0.39 is 46.2 Å². The van der Waals surface area contributed by atoms with Gasteiger partial charge in [0.25, 0.3) is 0 Å². The Morgan fingerprint density at radius 2 is 1.71 bits per heavy atom. The molecule has 2 bridgehead atoms. The summed E-state index contributed by atoms with van der Waals surface area (Å²) in [5, 5.41) is 8.64. The van der Waals surface area contributed by atoms with Crippen LogP contribution in [0.1, 0.15) is 71.5 Å². The van der Waals surface area contributed by atoms with Crippen LogP contribution >= 0.6 is 11.6 Å². The molecule has 0 aromatic heterocycles. The molecule has 0 spiro atoms. The zero-order valence-corrected chi connectivity index (χ0v) is 19.3. The zero-order chi connectivity index (χ0) is 25.1. The third-order valence-electron chi connectivity index (χ3n) is 7.29. The van der Waals surface area contributed by atoms with E-state index in [1.54, 1.807) is 0 Å². The van der Waals surface area contributed by atoms with Gasteiger partial charge >= 0.3 is 12.1 Å². The highest BCUT2D eigenvalue weighted by atomic mass is 35.5. The number of aromatic carboxylic acids is 1. The largest absolute Gasteiger partial charge is 0.487 e. The van der Waals surface area contributed by atoms with Crippen LogP contribution in [0.15, 0.2) is 24.3 Å². The van der Waals surface area contributed by atoms with E-state index in [0.29, 0.717) is 31.5 Å². The van der Waals surface area contributed by atoms with Crippen LogP contribution in [-0.2, 0) is 12.7 Å². The van der Waals surface area contributed by atoms with E-state index in [1.165, 1.54) is 12.1 Å². The van der Waals surface area contributed by atoms with Gasteiger partial charge in [-0.05, 0) is 79.8 Å². The SMILES string of the molecule is O=C(O)c1cc(C2CC2)c(CN2[C@@H]3CC[C@H]2C[C@@H](Oc2cc(C(F)(F)F)cc(Cl)c2F)C3)cc1F. The van der Waals surface area contributed by atoms with Gasteiger partial charge in [0.1, 0.15) is 11.9 Å². The highest BCUT2D eigenvalue weighted by Crippen LogP contribution is 2.45. The number of alkyl halides is 3. The lowest BCUT2D eigenvalue weighted by Crippen LogP contribution is -2.46. The number of hydrogen-bond acceptors (Lipinski definition) is 3. The van der Waals surface area contributed by atoms with Crippen LogP contribution in [0.5, 0.6) is 5.75 Å². The second-order valence-electron chi connectivity index (χ2n) is 9.65. The highest BCUT2D eigenvalue weighted by Gasteiger charge is 2.43. The van der Waals surface area contributed by atoms with Crippen molar-refractivity contribution in [3.63, 3.8) is 0 Å². The Morgan fingerprint density at radius 1 is 1.06 bits per heavy atom. The van der Waals surface area contributed by atoms with Gasteiger partial charge in [0.15, 0.2) is 11.6 Å². The summed E-state index contributed by atoms with van der Waals surface area (Å²) in [4.78, 5) is 13.6. The van der Waals surface area contributed by atoms with Crippen molar-refractivity contribution in [2.24, 2.45) is 0 Å². The minimum Gasteiger partial charge on any atom is -0.487 e. The quantitative estimate of drug-likeness (QED) is 0.430. The minimum atomic E-state index is -4.68. The second kappa shape index (κ2) is 8.92. The number of piperidine rings is 1. The molecule has 3 fully saturated rings. The Kier molecular flexibility index (Phi) is 6.20. The van der Waals surface area contributed by atoms with Crippen LogP contribution in [0.25, 0.3) is 0 Å². The Labute approximate surface area is 203 Å². The van der Waals surface area contributed by atoms with Gasteiger partial charge in [0.2, 0.25) is 0 Å². The monoisotopic (exact) mass is 515 g/mol. The van der Waals surface area contributed by atoms with Crippen molar-refractivity contribution < 1.29 is 36.6 Å². The predicted octanol–water partition coefficient (Wildman–Crippen LogP) is 6.79. The third kappa shape index (κ3) is 4.85. The molecule has 3 aliphatic rings. The third-order valence-corrected chi connectivity index (χ3v) is 7.56. The van der Waals surface area contributed by atoms with Gasteiger partial charge in [-0.3, -0.25) is 4.90 Å². The number of hydrogen-bond donors (Lipinski definition) is 1. The van der Waals surface area contributed by atoms with Crippen molar-refractivity contribution in [2.75, 3.05) is 0 Å².